The van der Waals surface area contributed by atoms with Gasteiger partial charge in [0.25, 0.3) is 5.91 Å². The Morgan fingerprint density at radius 2 is 1.31 bits per heavy atom. The van der Waals surface area contributed by atoms with Crippen molar-refractivity contribution in [3.63, 3.8) is 0 Å². The summed E-state index contributed by atoms with van der Waals surface area (Å²) in [4.78, 5) is 21.6. The summed E-state index contributed by atoms with van der Waals surface area (Å²) in [6, 6.07) is 25.0. The van der Waals surface area contributed by atoms with Crippen LogP contribution in [0, 0.1) is 20.8 Å². The summed E-state index contributed by atoms with van der Waals surface area (Å²) >= 11 is 0. The average molecular weight is 424 g/mol. The average Bonchev–Trinajstić information content (AvgIpc) is 2.75. The van der Waals surface area contributed by atoms with Crippen LogP contribution in [0.25, 0.3) is 0 Å². The van der Waals surface area contributed by atoms with Crippen LogP contribution in [-0.4, -0.2) is 15.9 Å². The van der Waals surface area contributed by atoms with Gasteiger partial charge in [-0.2, -0.15) is 4.98 Å². The van der Waals surface area contributed by atoms with Crippen molar-refractivity contribution in [3.8, 4) is 0 Å². The fourth-order valence-corrected chi connectivity index (χ4v) is 3.43. The second-order valence-electron chi connectivity index (χ2n) is 7.74. The number of carbonyl (C=O) groups is 1. The Balaban J connectivity index is 1.44. The molecule has 1 amide bonds. The molecule has 0 spiro atoms. The predicted molar refractivity (Wildman–Crippen MR) is 130 cm³/mol. The molecule has 0 aliphatic rings. The van der Waals surface area contributed by atoms with E-state index in [0.717, 1.165) is 33.9 Å². The lowest BCUT2D eigenvalue weighted by Crippen LogP contribution is -2.12. The van der Waals surface area contributed by atoms with Crippen molar-refractivity contribution < 1.29 is 4.79 Å². The molecule has 32 heavy (non-hydrogen) atoms. The molecule has 6 heteroatoms. The number of aryl methyl sites for hydroxylation is 3. The quantitative estimate of drug-likeness (QED) is 0.347. The largest absolute Gasteiger partial charge is 0.340 e. The van der Waals surface area contributed by atoms with E-state index in [1.54, 1.807) is 0 Å². The zero-order valence-corrected chi connectivity index (χ0v) is 18.3. The molecule has 4 aromatic rings. The lowest BCUT2D eigenvalue weighted by Gasteiger charge is -2.11. The third kappa shape index (κ3) is 5.49. The summed E-state index contributed by atoms with van der Waals surface area (Å²) < 4.78 is 0. The Bertz CT molecular complexity index is 1220. The van der Waals surface area contributed by atoms with Gasteiger partial charge in [-0.25, -0.2) is 4.98 Å². The normalized spacial score (nSPS) is 10.5. The summed E-state index contributed by atoms with van der Waals surface area (Å²) in [6.07, 6.45) is 0. The molecule has 3 aromatic carbocycles. The van der Waals surface area contributed by atoms with Crippen LogP contribution in [0.15, 0.2) is 78.9 Å². The fraction of sp³-hybridized carbons (Fsp3) is 0.115. The molecule has 6 nitrogen and oxygen atoms in total. The molecule has 0 aliphatic carbocycles. The van der Waals surface area contributed by atoms with Gasteiger partial charge in [0.1, 0.15) is 5.82 Å². The van der Waals surface area contributed by atoms with Crippen LogP contribution in [-0.2, 0) is 0 Å². The van der Waals surface area contributed by atoms with Crippen molar-refractivity contribution in [3.05, 3.63) is 101 Å². The van der Waals surface area contributed by atoms with Gasteiger partial charge in [0.15, 0.2) is 0 Å². The van der Waals surface area contributed by atoms with Gasteiger partial charge in [-0.05, 0) is 69.3 Å². The molecule has 0 saturated carbocycles. The molecule has 0 aliphatic heterocycles. The first kappa shape index (κ1) is 21.1. The van der Waals surface area contributed by atoms with Crippen molar-refractivity contribution >= 4 is 34.7 Å². The van der Waals surface area contributed by atoms with E-state index in [1.165, 1.54) is 0 Å². The molecule has 0 fully saturated rings. The Morgan fingerprint density at radius 1 is 0.688 bits per heavy atom. The highest BCUT2D eigenvalue weighted by Gasteiger charge is 2.08. The first-order chi connectivity index (χ1) is 15.4. The Labute approximate surface area is 187 Å². The fourth-order valence-electron chi connectivity index (χ4n) is 3.43. The number of hydrogen-bond acceptors (Lipinski definition) is 5. The van der Waals surface area contributed by atoms with E-state index in [-0.39, 0.29) is 5.91 Å². The molecular weight excluding hydrogens is 398 g/mol. The minimum atomic E-state index is -0.129. The van der Waals surface area contributed by atoms with Crippen LogP contribution in [0.1, 0.15) is 27.2 Å². The number of carbonyl (C=O) groups excluding carboxylic acids is 1. The van der Waals surface area contributed by atoms with Gasteiger partial charge in [0, 0.05) is 34.4 Å². The zero-order valence-electron chi connectivity index (χ0n) is 18.3. The van der Waals surface area contributed by atoms with Gasteiger partial charge in [0.2, 0.25) is 5.95 Å². The van der Waals surface area contributed by atoms with E-state index in [0.29, 0.717) is 17.3 Å². The molecule has 0 unspecified atom stereocenters. The molecular formula is C26H25N5O. The molecule has 4 rings (SSSR count). The van der Waals surface area contributed by atoms with Crippen LogP contribution >= 0.6 is 0 Å². The number of hydrogen-bond donors (Lipinski definition) is 3. The molecule has 0 atom stereocenters. The molecule has 0 bridgehead atoms. The topological polar surface area (TPSA) is 78.9 Å². The molecule has 3 N–H and O–H groups in total. The Kier molecular flexibility index (Phi) is 6.12. The van der Waals surface area contributed by atoms with Gasteiger partial charge in [-0.1, -0.05) is 35.4 Å². The number of nitrogens with one attached hydrogen (secondary N) is 3. The van der Waals surface area contributed by atoms with Crippen LogP contribution in [0.3, 0.4) is 0 Å². The van der Waals surface area contributed by atoms with Crippen molar-refractivity contribution in [1.29, 1.82) is 0 Å². The summed E-state index contributed by atoms with van der Waals surface area (Å²) in [5.74, 6) is 1.08. The third-order valence-corrected chi connectivity index (χ3v) is 4.78. The van der Waals surface area contributed by atoms with Gasteiger partial charge in [0.05, 0.1) is 0 Å². The Morgan fingerprint density at radius 3 is 2.00 bits per heavy atom. The molecule has 1 heterocycles. The molecule has 160 valence electrons. The number of aromatic nitrogens is 2. The molecule has 1 aromatic heterocycles. The van der Waals surface area contributed by atoms with Gasteiger partial charge < -0.3 is 16.0 Å². The van der Waals surface area contributed by atoms with Gasteiger partial charge in [-0.3, -0.25) is 4.79 Å². The Hall–Kier alpha value is -4.19. The SMILES string of the molecule is Cc1cc(C)cc(C(=O)Nc2ccc(Nc3nc(C)cc(Nc4ccccc4)n3)cc2)c1. The highest BCUT2D eigenvalue weighted by atomic mass is 16.1. The minimum absolute atomic E-state index is 0.129. The van der Waals surface area contributed by atoms with Crippen molar-refractivity contribution in [1.82, 2.24) is 9.97 Å². The highest BCUT2D eigenvalue weighted by Crippen LogP contribution is 2.21. The highest BCUT2D eigenvalue weighted by molar-refractivity contribution is 6.04. The smallest absolute Gasteiger partial charge is 0.255 e. The van der Waals surface area contributed by atoms with E-state index in [9.17, 15) is 4.79 Å². The maximum Gasteiger partial charge on any atom is 0.255 e. The van der Waals surface area contributed by atoms with Crippen molar-refractivity contribution in [2.75, 3.05) is 16.0 Å². The lowest BCUT2D eigenvalue weighted by atomic mass is 10.1. The van der Waals surface area contributed by atoms with Crippen LogP contribution in [0.4, 0.5) is 28.8 Å². The number of rotatable bonds is 6. The summed E-state index contributed by atoms with van der Waals surface area (Å²) in [5.41, 5.74) is 6.12. The maximum absolute atomic E-state index is 12.6. The number of amides is 1. The second kappa shape index (κ2) is 9.31. The number of para-hydroxylation sites is 1. The monoisotopic (exact) mass is 423 g/mol. The van der Waals surface area contributed by atoms with Crippen LogP contribution < -0.4 is 16.0 Å². The van der Waals surface area contributed by atoms with Crippen molar-refractivity contribution in [2.24, 2.45) is 0 Å². The van der Waals surface area contributed by atoms with E-state index in [4.69, 9.17) is 0 Å². The second-order valence-corrected chi connectivity index (χ2v) is 7.74. The van der Waals surface area contributed by atoms with E-state index in [2.05, 4.69) is 25.9 Å². The van der Waals surface area contributed by atoms with Crippen LogP contribution in [0.2, 0.25) is 0 Å². The van der Waals surface area contributed by atoms with Gasteiger partial charge in [-0.15, -0.1) is 0 Å². The number of nitrogens with zero attached hydrogens (tertiary/aromatic N) is 2. The molecule has 0 radical (unpaired) electrons. The van der Waals surface area contributed by atoms with E-state index in [1.807, 2.05) is 99.6 Å². The summed E-state index contributed by atoms with van der Waals surface area (Å²) in [7, 11) is 0. The summed E-state index contributed by atoms with van der Waals surface area (Å²) in [5, 5.41) is 9.45. The maximum atomic E-state index is 12.6. The summed E-state index contributed by atoms with van der Waals surface area (Å²) in [6.45, 7) is 5.89. The third-order valence-electron chi connectivity index (χ3n) is 4.78. The van der Waals surface area contributed by atoms with Crippen molar-refractivity contribution in [2.45, 2.75) is 20.8 Å². The van der Waals surface area contributed by atoms with E-state index < -0.39 is 0 Å². The first-order valence-electron chi connectivity index (χ1n) is 10.4. The zero-order chi connectivity index (χ0) is 22.5. The number of benzene rings is 3. The first-order valence-corrected chi connectivity index (χ1v) is 10.4. The van der Waals surface area contributed by atoms with Crippen LogP contribution in [0.5, 0.6) is 0 Å². The lowest BCUT2D eigenvalue weighted by molar-refractivity contribution is 0.102. The predicted octanol–water partition coefficient (Wildman–Crippen LogP) is 6.14. The number of anilines is 5. The standard InChI is InChI=1S/C26H25N5O/c1-17-13-18(2)15-20(14-17)25(32)29-22-9-11-23(12-10-22)30-26-27-19(3)16-24(31-26)28-21-7-5-4-6-8-21/h4-16H,1-3H3,(H,29,32)(H2,27,28,30,31). The van der Waals surface area contributed by atoms with Gasteiger partial charge >= 0.3 is 0 Å². The minimum Gasteiger partial charge on any atom is -0.340 e. The molecule has 0 saturated heterocycles. The van der Waals surface area contributed by atoms with E-state index >= 15 is 0 Å².